The van der Waals surface area contributed by atoms with Gasteiger partial charge in [-0.15, -0.1) is 0 Å². The summed E-state index contributed by atoms with van der Waals surface area (Å²) in [6.07, 6.45) is 0. The molecule has 0 radical (unpaired) electrons. The van der Waals surface area contributed by atoms with E-state index in [9.17, 15) is 0 Å². The third kappa shape index (κ3) is 635. The van der Waals surface area contributed by atoms with Crippen molar-refractivity contribution in [2.45, 2.75) is 0 Å². The van der Waals surface area contributed by atoms with Crippen LogP contribution in [-0.4, -0.2) is 21.9 Å². The average molecular weight is 198 g/mol. The summed E-state index contributed by atoms with van der Waals surface area (Å²) in [5.74, 6) is 0. The van der Waals surface area contributed by atoms with Gasteiger partial charge in [-0.05, 0) is 0 Å². The molecule has 7 heteroatoms. The fraction of sp³-hybridized carbons (Fsp3) is 0. The molecule has 50 valence electrons. The van der Waals surface area contributed by atoms with Gasteiger partial charge in [-0.25, -0.2) is 0 Å². The summed E-state index contributed by atoms with van der Waals surface area (Å²) >= 11 is 0. The molecular formula is H10MoN2O4. The smallest absolute Gasteiger partial charge is 0.870 e. The first kappa shape index (κ1) is 1540. The van der Waals surface area contributed by atoms with Gasteiger partial charge in [-0.2, -0.15) is 0 Å². The standard InChI is InChI=1S/Mo.2H3N.4H2O/h;2*1H3;4*1H2/q+4;;;;;;/p-4. The van der Waals surface area contributed by atoms with Gasteiger partial charge in [0.1, 0.15) is 0 Å². The van der Waals surface area contributed by atoms with Crippen molar-refractivity contribution in [3.63, 3.8) is 0 Å². The molecule has 0 fully saturated rings. The van der Waals surface area contributed by atoms with E-state index >= 15 is 0 Å². The van der Waals surface area contributed by atoms with E-state index < -0.39 is 0 Å². The zero-order chi connectivity index (χ0) is 0. The third-order valence-corrected chi connectivity index (χ3v) is 0. The third-order valence-electron chi connectivity index (χ3n) is 0. The van der Waals surface area contributed by atoms with Gasteiger partial charge in [0.25, 0.3) is 0 Å². The minimum absolute atomic E-state index is 0. The minimum atomic E-state index is 0. The van der Waals surface area contributed by atoms with Crippen molar-refractivity contribution < 1.29 is 43.0 Å². The SMILES string of the molecule is N.N.[Mo+4].[OH-].[OH-].[OH-].[OH-]. The van der Waals surface area contributed by atoms with Crippen LogP contribution in [0, 0.1) is 0 Å². The molecule has 0 heterocycles. The Morgan fingerprint density at radius 3 is 0.429 bits per heavy atom. The molecule has 0 spiro atoms. The van der Waals surface area contributed by atoms with Crippen LogP contribution in [0.5, 0.6) is 0 Å². The van der Waals surface area contributed by atoms with Gasteiger partial charge in [-0.1, -0.05) is 0 Å². The van der Waals surface area contributed by atoms with Crippen LogP contribution < -0.4 is 12.3 Å². The molecule has 0 unspecified atom stereocenters. The van der Waals surface area contributed by atoms with Crippen LogP contribution in [0.3, 0.4) is 0 Å². The molecular weight excluding hydrogens is 188 g/mol. The summed E-state index contributed by atoms with van der Waals surface area (Å²) < 4.78 is 0. The Balaban J connectivity index is 0. The Labute approximate surface area is 56.0 Å². The average Bonchev–Trinajstić information content (AvgIpc) is 0. The van der Waals surface area contributed by atoms with Crippen molar-refractivity contribution in [2.24, 2.45) is 0 Å². The van der Waals surface area contributed by atoms with E-state index in [1.807, 2.05) is 0 Å². The Morgan fingerprint density at radius 1 is 0.429 bits per heavy atom. The van der Waals surface area contributed by atoms with Gasteiger partial charge >= 0.3 is 21.1 Å². The Kier molecular flexibility index (Phi) is 210000. The molecule has 0 bridgehead atoms. The van der Waals surface area contributed by atoms with Gasteiger partial charge < -0.3 is 34.2 Å². The number of rotatable bonds is 0. The van der Waals surface area contributed by atoms with Crippen LogP contribution in [0.15, 0.2) is 0 Å². The molecule has 0 saturated carbocycles. The Hall–Kier alpha value is 0.448. The van der Waals surface area contributed by atoms with Gasteiger partial charge in [-0.3, -0.25) is 0 Å². The summed E-state index contributed by atoms with van der Waals surface area (Å²) in [5, 5.41) is 0. The molecule has 0 aromatic heterocycles. The van der Waals surface area contributed by atoms with E-state index in [2.05, 4.69) is 0 Å². The zero-order valence-corrected chi connectivity index (χ0v) is 5.62. The molecule has 0 saturated heterocycles. The van der Waals surface area contributed by atoms with E-state index in [0.717, 1.165) is 0 Å². The summed E-state index contributed by atoms with van der Waals surface area (Å²) in [7, 11) is 0. The molecule has 0 atom stereocenters. The van der Waals surface area contributed by atoms with Crippen LogP contribution in [-0.2, 0) is 21.1 Å². The zero-order valence-electron chi connectivity index (χ0n) is 3.61. The molecule has 0 aromatic carbocycles. The van der Waals surface area contributed by atoms with Crippen LogP contribution >= 0.6 is 0 Å². The molecule has 0 aromatic rings. The fourth-order valence-electron chi connectivity index (χ4n) is 0. The molecule has 0 amide bonds. The molecule has 0 aliphatic heterocycles. The molecule has 0 aliphatic carbocycles. The fourth-order valence-corrected chi connectivity index (χ4v) is 0. The van der Waals surface area contributed by atoms with Crippen molar-refractivity contribution in [1.82, 2.24) is 12.3 Å². The summed E-state index contributed by atoms with van der Waals surface area (Å²) in [4.78, 5) is 0. The van der Waals surface area contributed by atoms with Crippen molar-refractivity contribution in [3.8, 4) is 0 Å². The Morgan fingerprint density at radius 2 is 0.429 bits per heavy atom. The first-order chi connectivity index (χ1) is 0. The van der Waals surface area contributed by atoms with E-state index in [-0.39, 0.29) is 55.3 Å². The minimum Gasteiger partial charge on any atom is -0.870 e. The Bertz CT molecular complexity index is 9.65. The summed E-state index contributed by atoms with van der Waals surface area (Å²) in [5.41, 5.74) is 0. The second-order valence-corrected chi connectivity index (χ2v) is 0. The van der Waals surface area contributed by atoms with Gasteiger partial charge in [0.05, 0.1) is 0 Å². The summed E-state index contributed by atoms with van der Waals surface area (Å²) in [6.45, 7) is 0. The quantitative estimate of drug-likeness (QED) is 0.497. The number of hydrogen-bond donors (Lipinski definition) is 2. The maximum atomic E-state index is 0. The van der Waals surface area contributed by atoms with E-state index in [1.54, 1.807) is 0 Å². The van der Waals surface area contributed by atoms with E-state index in [1.165, 1.54) is 0 Å². The molecule has 7 heavy (non-hydrogen) atoms. The predicted octanol–water partition coefficient (Wildman–Crippen LogP) is -0.386. The van der Waals surface area contributed by atoms with Gasteiger partial charge in [0, 0.05) is 0 Å². The maximum Gasteiger partial charge on any atom is 4.00 e. The summed E-state index contributed by atoms with van der Waals surface area (Å²) in [6, 6.07) is 0. The first-order valence-electron chi connectivity index (χ1n) is 0. The van der Waals surface area contributed by atoms with Crippen molar-refractivity contribution in [3.05, 3.63) is 0 Å². The molecule has 0 rings (SSSR count). The monoisotopic (exact) mass is 200 g/mol. The first-order valence-corrected chi connectivity index (χ1v) is 0. The van der Waals surface area contributed by atoms with Gasteiger partial charge in [0.2, 0.25) is 0 Å². The van der Waals surface area contributed by atoms with Crippen molar-refractivity contribution >= 4 is 0 Å². The van der Waals surface area contributed by atoms with Crippen molar-refractivity contribution in [2.75, 3.05) is 0 Å². The second kappa shape index (κ2) is 952. The molecule has 0 aliphatic rings. The van der Waals surface area contributed by atoms with Crippen LogP contribution in [0.25, 0.3) is 0 Å². The topological polar surface area (TPSA) is 190 Å². The maximum absolute atomic E-state index is 0. The van der Waals surface area contributed by atoms with Gasteiger partial charge in [0.15, 0.2) is 0 Å². The van der Waals surface area contributed by atoms with Crippen LogP contribution in [0.1, 0.15) is 0 Å². The van der Waals surface area contributed by atoms with E-state index in [0.29, 0.717) is 0 Å². The predicted molar refractivity (Wildman–Crippen MR) is 17.8 cm³/mol. The van der Waals surface area contributed by atoms with E-state index in [4.69, 9.17) is 0 Å². The van der Waals surface area contributed by atoms with Crippen molar-refractivity contribution in [1.29, 1.82) is 0 Å². The number of hydrogen-bond acceptors (Lipinski definition) is 6. The normalized spacial score (nSPS) is 0. The van der Waals surface area contributed by atoms with Crippen LogP contribution in [0.2, 0.25) is 0 Å². The molecule has 10 N–H and O–H groups in total. The molecule has 6 nitrogen and oxygen atoms in total. The van der Waals surface area contributed by atoms with Crippen LogP contribution in [0.4, 0.5) is 0 Å². The second-order valence-electron chi connectivity index (χ2n) is 0. The largest absolute Gasteiger partial charge is 4.00 e.